The molecule has 112 valence electrons. The number of amides is 3. The SMILES string of the molecule is CC[C@H](C)C1C(=O)Nc2ccccc2CN1C(=O)C(N)=O. The number of anilines is 1. The van der Waals surface area contributed by atoms with E-state index >= 15 is 0 Å². The molecule has 6 heteroatoms. The standard InChI is InChI=1S/C15H19N3O3/c1-3-9(2)12-14(20)17-11-7-5-4-6-10(11)8-18(12)15(21)13(16)19/h4-7,9,12H,3,8H2,1-2H3,(H2,16,19)(H,17,20)/t9-,12?/m0/s1. The summed E-state index contributed by atoms with van der Waals surface area (Å²) in [7, 11) is 0. The lowest BCUT2D eigenvalue weighted by molar-refractivity contribution is -0.149. The number of carbonyl (C=O) groups excluding carboxylic acids is 3. The van der Waals surface area contributed by atoms with Gasteiger partial charge in [0.25, 0.3) is 0 Å². The molecule has 0 saturated heterocycles. The van der Waals surface area contributed by atoms with E-state index in [-0.39, 0.29) is 18.4 Å². The van der Waals surface area contributed by atoms with Crippen molar-refractivity contribution in [2.75, 3.05) is 5.32 Å². The lowest BCUT2D eigenvalue weighted by atomic mass is 9.96. The zero-order valence-corrected chi connectivity index (χ0v) is 12.1. The highest BCUT2D eigenvalue weighted by atomic mass is 16.2. The van der Waals surface area contributed by atoms with Crippen LogP contribution >= 0.6 is 0 Å². The van der Waals surface area contributed by atoms with Gasteiger partial charge in [-0.05, 0) is 17.5 Å². The molecule has 2 atom stereocenters. The first kappa shape index (κ1) is 15.0. The number of carbonyl (C=O) groups is 3. The molecule has 3 amide bonds. The minimum absolute atomic E-state index is 0.0809. The molecule has 3 N–H and O–H groups in total. The number of primary amides is 1. The third kappa shape index (κ3) is 2.89. The number of para-hydroxylation sites is 1. The van der Waals surface area contributed by atoms with Gasteiger partial charge in [0.15, 0.2) is 0 Å². The first-order valence-electron chi connectivity index (χ1n) is 6.94. The molecule has 1 heterocycles. The molecule has 0 aliphatic carbocycles. The van der Waals surface area contributed by atoms with Crippen molar-refractivity contribution in [3.8, 4) is 0 Å². The minimum atomic E-state index is -1.05. The van der Waals surface area contributed by atoms with Gasteiger partial charge in [0.2, 0.25) is 5.91 Å². The molecule has 6 nitrogen and oxygen atoms in total. The van der Waals surface area contributed by atoms with E-state index in [1.165, 1.54) is 4.90 Å². The lowest BCUT2D eigenvalue weighted by Crippen LogP contribution is -2.52. The highest BCUT2D eigenvalue weighted by Gasteiger charge is 2.38. The third-order valence-corrected chi connectivity index (χ3v) is 3.87. The summed E-state index contributed by atoms with van der Waals surface area (Å²) in [5.74, 6) is -2.24. The second kappa shape index (κ2) is 5.95. The van der Waals surface area contributed by atoms with Crippen molar-refractivity contribution in [2.24, 2.45) is 11.7 Å². The summed E-state index contributed by atoms with van der Waals surface area (Å²) in [5.41, 5.74) is 6.57. The van der Waals surface area contributed by atoms with Gasteiger partial charge < -0.3 is 16.0 Å². The van der Waals surface area contributed by atoms with Crippen molar-refractivity contribution in [1.82, 2.24) is 4.90 Å². The maximum absolute atomic E-state index is 12.5. The topological polar surface area (TPSA) is 92.5 Å². The van der Waals surface area contributed by atoms with E-state index in [0.29, 0.717) is 12.1 Å². The van der Waals surface area contributed by atoms with Crippen LogP contribution in [-0.4, -0.2) is 28.7 Å². The fraction of sp³-hybridized carbons (Fsp3) is 0.400. The second-order valence-corrected chi connectivity index (χ2v) is 5.27. The molecule has 1 aliphatic rings. The zero-order chi connectivity index (χ0) is 15.6. The smallest absolute Gasteiger partial charge is 0.312 e. The van der Waals surface area contributed by atoms with Crippen molar-refractivity contribution in [3.63, 3.8) is 0 Å². The molecule has 1 unspecified atom stereocenters. The van der Waals surface area contributed by atoms with E-state index in [2.05, 4.69) is 5.32 Å². The first-order chi connectivity index (χ1) is 9.95. The van der Waals surface area contributed by atoms with Crippen LogP contribution in [0.5, 0.6) is 0 Å². The molecular weight excluding hydrogens is 270 g/mol. The van der Waals surface area contributed by atoms with Crippen molar-refractivity contribution in [2.45, 2.75) is 32.9 Å². The Kier molecular flexibility index (Phi) is 4.26. The number of benzene rings is 1. The Balaban J connectivity index is 2.47. The molecule has 21 heavy (non-hydrogen) atoms. The molecule has 0 radical (unpaired) electrons. The van der Waals surface area contributed by atoms with Gasteiger partial charge in [0.05, 0.1) is 0 Å². The Morgan fingerprint density at radius 1 is 1.43 bits per heavy atom. The van der Waals surface area contributed by atoms with Gasteiger partial charge in [0, 0.05) is 12.2 Å². The van der Waals surface area contributed by atoms with E-state index in [1.807, 2.05) is 32.0 Å². The molecule has 0 fully saturated rings. The number of nitrogens with two attached hydrogens (primary N) is 1. The summed E-state index contributed by atoms with van der Waals surface area (Å²) in [6.07, 6.45) is 0.705. The number of nitrogens with zero attached hydrogens (tertiary/aromatic N) is 1. The Bertz CT molecular complexity index is 585. The average molecular weight is 289 g/mol. The highest BCUT2D eigenvalue weighted by molar-refractivity contribution is 6.34. The maximum Gasteiger partial charge on any atom is 0.312 e. The predicted molar refractivity (Wildman–Crippen MR) is 78.1 cm³/mol. The summed E-state index contributed by atoms with van der Waals surface area (Å²) in [4.78, 5) is 37.1. The van der Waals surface area contributed by atoms with E-state index in [1.54, 1.807) is 6.07 Å². The summed E-state index contributed by atoms with van der Waals surface area (Å²) < 4.78 is 0. The van der Waals surface area contributed by atoms with Crippen LogP contribution in [0.25, 0.3) is 0 Å². The molecular formula is C15H19N3O3. The van der Waals surface area contributed by atoms with Crippen molar-refractivity contribution < 1.29 is 14.4 Å². The predicted octanol–water partition coefficient (Wildman–Crippen LogP) is 0.867. The van der Waals surface area contributed by atoms with Crippen LogP contribution in [0, 0.1) is 5.92 Å². The number of fused-ring (bicyclic) bond motifs is 1. The highest BCUT2D eigenvalue weighted by Crippen LogP contribution is 2.27. The Hall–Kier alpha value is -2.37. The van der Waals surface area contributed by atoms with E-state index in [9.17, 15) is 14.4 Å². The zero-order valence-electron chi connectivity index (χ0n) is 12.1. The molecule has 1 aromatic carbocycles. The fourth-order valence-electron chi connectivity index (χ4n) is 2.54. The van der Waals surface area contributed by atoms with Crippen molar-refractivity contribution in [3.05, 3.63) is 29.8 Å². The van der Waals surface area contributed by atoms with Gasteiger partial charge >= 0.3 is 11.8 Å². The van der Waals surface area contributed by atoms with E-state index in [4.69, 9.17) is 5.73 Å². The van der Waals surface area contributed by atoms with Crippen LogP contribution in [0.15, 0.2) is 24.3 Å². The molecule has 0 aromatic heterocycles. The lowest BCUT2D eigenvalue weighted by Gasteiger charge is -2.31. The average Bonchev–Trinajstić information content (AvgIpc) is 2.61. The molecule has 1 aromatic rings. The van der Waals surface area contributed by atoms with Crippen LogP contribution in [0.2, 0.25) is 0 Å². The molecule has 0 saturated carbocycles. The molecule has 1 aliphatic heterocycles. The van der Waals surface area contributed by atoms with Crippen LogP contribution in [-0.2, 0) is 20.9 Å². The molecule has 0 bridgehead atoms. The normalized spacial score (nSPS) is 19.2. The first-order valence-corrected chi connectivity index (χ1v) is 6.94. The van der Waals surface area contributed by atoms with Crippen LogP contribution < -0.4 is 11.1 Å². The molecule has 2 rings (SSSR count). The summed E-state index contributed by atoms with van der Waals surface area (Å²) in [6.45, 7) is 4.00. The second-order valence-electron chi connectivity index (χ2n) is 5.27. The minimum Gasteiger partial charge on any atom is -0.361 e. The number of hydrogen-bond acceptors (Lipinski definition) is 3. The summed E-state index contributed by atoms with van der Waals surface area (Å²) in [6, 6.07) is 6.52. The largest absolute Gasteiger partial charge is 0.361 e. The van der Waals surface area contributed by atoms with E-state index < -0.39 is 17.9 Å². The Morgan fingerprint density at radius 3 is 2.71 bits per heavy atom. The van der Waals surface area contributed by atoms with Crippen LogP contribution in [0.3, 0.4) is 0 Å². The van der Waals surface area contributed by atoms with E-state index in [0.717, 1.165) is 5.56 Å². The van der Waals surface area contributed by atoms with Crippen LogP contribution in [0.1, 0.15) is 25.8 Å². The van der Waals surface area contributed by atoms with Gasteiger partial charge in [-0.1, -0.05) is 38.5 Å². The third-order valence-electron chi connectivity index (χ3n) is 3.87. The number of hydrogen-bond donors (Lipinski definition) is 2. The number of nitrogens with one attached hydrogen (secondary N) is 1. The van der Waals surface area contributed by atoms with Gasteiger partial charge in [-0.2, -0.15) is 0 Å². The van der Waals surface area contributed by atoms with Crippen LogP contribution in [0.4, 0.5) is 5.69 Å². The Labute approximate surface area is 123 Å². The van der Waals surface area contributed by atoms with Crippen molar-refractivity contribution in [1.29, 1.82) is 0 Å². The van der Waals surface area contributed by atoms with Gasteiger partial charge in [-0.25, -0.2) is 0 Å². The summed E-state index contributed by atoms with van der Waals surface area (Å²) in [5, 5.41) is 2.83. The van der Waals surface area contributed by atoms with Gasteiger partial charge in [-0.3, -0.25) is 14.4 Å². The van der Waals surface area contributed by atoms with Gasteiger partial charge in [-0.15, -0.1) is 0 Å². The fourth-order valence-corrected chi connectivity index (χ4v) is 2.54. The number of rotatable bonds is 2. The molecule has 0 spiro atoms. The Morgan fingerprint density at radius 2 is 2.10 bits per heavy atom. The van der Waals surface area contributed by atoms with Crippen molar-refractivity contribution >= 4 is 23.4 Å². The monoisotopic (exact) mass is 289 g/mol. The maximum atomic E-state index is 12.5. The van der Waals surface area contributed by atoms with Gasteiger partial charge in [0.1, 0.15) is 6.04 Å². The quantitative estimate of drug-likeness (QED) is 0.791. The summed E-state index contributed by atoms with van der Waals surface area (Å²) >= 11 is 0.